The van der Waals surface area contributed by atoms with E-state index in [0.29, 0.717) is 25.0 Å². The van der Waals surface area contributed by atoms with Gasteiger partial charge in [0.1, 0.15) is 5.02 Å². The van der Waals surface area contributed by atoms with Gasteiger partial charge in [-0.1, -0.05) is 29.8 Å². The molecule has 0 saturated carbocycles. The lowest BCUT2D eigenvalue weighted by Crippen LogP contribution is -2.47. The number of nitrogens with zero attached hydrogens (tertiary/aromatic N) is 5. The second-order valence-corrected chi connectivity index (χ2v) is 7.15. The fourth-order valence-electron chi connectivity index (χ4n) is 3.33. The number of halogens is 4. The van der Waals surface area contributed by atoms with Gasteiger partial charge in [0, 0.05) is 38.1 Å². The van der Waals surface area contributed by atoms with Gasteiger partial charge < -0.3 is 9.80 Å². The standard InChI is InChI=1S/C20H17ClF3N5O/c21-18-16(28-10-8-27(9-11-28)15-4-2-1-3-5-15)13-26-29(19(18)30)17-7-6-14(12-25-17)20(22,23)24/h1-7,12-13H,8-11H2. The third-order valence-electron chi connectivity index (χ3n) is 4.93. The molecule has 0 N–H and O–H groups in total. The van der Waals surface area contributed by atoms with Crippen LogP contribution in [0.2, 0.25) is 5.02 Å². The number of aromatic nitrogens is 3. The van der Waals surface area contributed by atoms with E-state index in [1.807, 2.05) is 35.2 Å². The van der Waals surface area contributed by atoms with Gasteiger partial charge in [-0.3, -0.25) is 4.79 Å². The van der Waals surface area contributed by atoms with Gasteiger partial charge in [-0.25, -0.2) is 4.98 Å². The van der Waals surface area contributed by atoms with Crippen molar-refractivity contribution in [1.82, 2.24) is 14.8 Å². The Kier molecular flexibility index (Phi) is 5.38. The van der Waals surface area contributed by atoms with Gasteiger partial charge in [0.2, 0.25) is 0 Å². The first-order valence-electron chi connectivity index (χ1n) is 9.21. The van der Waals surface area contributed by atoms with Crippen molar-refractivity contribution >= 4 is 23.0 Å². The highest BCUT2D eigenvalue weighted by Gasteiger charge is 2.31. The summed E-state index contributed by atoms with van der Waals surface area (Å²) in [5.74, 6) is -0.0321. The van der Waals surface area contributed by atoms with Gasteiger partial charge >= 0.3 is 6.18 Å². The molecule has 4 rings (SSSR count). The van der Waals surface area contributed by atoms with Crippen molar-refractivity contribution < 1.29 is 13.2 Å². The minimum Gasteiger partial charge on any atom is -0.368 e. The molecule has 3 aromatic rings. The van der Waals surface area contributed by atoms with E-state index in [0.717, 1.165) is 35.6 Å². The van der Waals surface area contributed by atoms with Crippen molar-refractivity contribution in [3.63, 3.8) is 0 Å². The number of alkyl halides is 3. The largest absolute Gasteiger partial charge is 0.417 e. The molecule has 2 aromatic heterocycles. The Labute approximate surface area is 175 Å². The van der Waals surface area contributed by atoms with Crippen molar-refractivity contribution in [2.45, 2.75) is 6.18 Å². The molecule has 1 saturated heterocycles. The summed E-state index contributed by atoms with van der Waals surface area (Å²) in [4.78, 5) is 20.6. The zero-order valence-corrected chi connectivity index (χ0v) is 16.4. The predicted octanol–water partition coefficient (Wildman–Crippen LogP) is 3.63. The van der Waals surface area contributed by atoms with E-state index in [9.17, 15) is 18.0 Å². The van der Waals surface area contributed by atoms with Crippen LogP contribution in [0.25, 0.3) is 5.82 Å². The Hall–Kier alpha value is -3.07. The molecule has 6 nitrogen and oxygen atoms in total. The van der Waals surface area contributed by atoms with Crippen molar-refractivity contribution in [2.24, 2.45) is 0 Å². The van der Waals surface area contributed by atoms with Crippen LogP contribution >= 0.6 is 11.6 Å². The maximum Gasteiger partial charge on any atom is 0.417 e. The molecular formula is C20H17ClF3N5O. The fourth-order valence-corrected chi connectivity index (χ4v) is 3.58. The second-order valence-electron chi connectivity index (χ2n) is 6.77. The van der Waals surface area contributed by atoms with Crippen LogP contribution in [0.5, 0.6) is 0 Å². The summed E-state index contributed by atoms with van der Waals surface area (Å²) in [6.07, 6.45) is -2.40. The average molecular weight is 436 g/mol. The van der Waals surface area contributed by atoms with Crippen LogP contribution in [-0.2, 0) is 6.18 Å². The topological polar surface area (TPSA) is 54.3 Å². The highest BCUT2D eigenvalue weighted by atomic mass is 35.5. The van der Waals surface area contributed by atoms with Gasteiger partial charge in [0.05, 0.1) is 17.4 Å². The summed E-state index contributed by atoms with van der Waals surface area (Å²) in [7, 11) is 0. The number of hydrogen-bond acceptors (Lipinski definition) is 5. The van der Waals surface area contributed by atoms with E-state index in [-0.39, 0.29) is 10.8 Å². The Morgan fingerprint density at radius 2 is 1.57 bits per heavy atom. The van der Waals surface area contributed by atoms with Crippen LogP contribution in [0, 0.1) is 0 Å². The molecule has 0 bridgehead atoms. The Morgan fingerprint density at radius 3 is 2.17 bits per heavy atom. The molecule has 0 aliphatic carbocycles. The number of pyridine rings is 1. The van der Waals surface area contributed by atoms with E-state index in [2.05, 4.69) is 15.0 Å². The molecule has 156 valence electrons. The molecule has 1 aliphatic rings. The summed E-state index contributed by atoms with van der Waals surface area (Å²) in [5, 5.41) is 4.03. The summed E-state index contributed by atoms with van der Waals surface area (Å²) in [6, 6.07) is 12.0. The molecule has 0 spiro atoms. The number of para-hydroxylation sites is 1. The van der Waals surface area contributed by atoms with Crippen molar-refractivity contribution in [3.8, 4) is 5.82 Å². The molecule has 10 heteroatoms. The van der Waals surface area contributed by atoms with Crippen molar-refractivity contribution in [3.05, 3.63) is 75.8 Å². The minimum absolute atomic E-state index is 0.0321. The van der Waals surface area contributed by atoms with Crippen LogP contribution in [-0.4, -0.2) is 40.9 Å². The SMILES string of the molecule is O=c1c(Cl)c(N2CCN(c3ccccc3)CC2)cnn1-c1ccc(C(F)(F)F)cn1. The first-order valence-corrected chi connectivity index (χ1v) is 9.59. The monoisotopic (exact) mass is 435 g/mol. The number of rotatable bonds is 3. The van der Waals surface area contributed by atoms with Crippen LogP contribution in [0.15, 0.2) is 59.7 Å². The molecule has 1 aliphatic heterocycles. The molecule has 0 amide bonds. The molecule has 1 fully saturated rings. The zero-order chi connectivity index (χ0) is 21.3. The van der Waals surface area contributed by atoms with Gasteiger partial charge in [-0.15, -0.1) is 0 Å². The number of hydrogen-bond donors (Lipinski definition) is 0. The summed E-state index contributed by atoms with van der Waals surface area (Å²) in [6.45, 7) is 2.81. The van der Waals surface area contributed by atoms with Crippen LogP contribution in [0.4, 0.5) is 24.5 Å². The predicted molar refractivity (Wildman–Crippen MR) is 109 cm³/mol. The summed E-state index contributed by atoms with van der Waals surface area (Å²) in [5.41, 5.74) is 0.0907. The minimum atomic E-state index is -4.51. The lowest BCUT2D eigenvalue weighted by atomic mass is 10.2. The Balaban J connectivity index is 1.53. The summed E-state index contributed by atoms with van der Waals surface area (Å²) >= 11 is 6.30. The first kappa shape index (κ1) is 20.2. The molecule has 0 atom stereocenters. The van der Waals surface area contributed by atoms with E-state index in [4.69, 9.17) is 11.6 Å². The van der Waals surface area contributed by atoms with E-state index < -0.39 is 17.3 Å². The molecule has 0 unspecified atom stereocenters. The zero-order valence-electron chi connectivity index (χ0n) is 15.7. The molecule has 30 heavy (non-hydrogen) atoms. The number of benzene rings is 1. The van der Waals surface area contributed by atoms with Crippen molar-refractivity contribution in [1.29, 1.82) is 0 Å². The molecule has 0 radical (unpaired) electrons. The lowest BCUT2D eigenvalue weighted by molar-refractivity contribution is -0.137. The summed E-state index contributed by atoms with van der Waals surface area (Å²) < 4.78 is 39.0. The van der Waals surface area contributed by atoms with Crippen molar-refractivity contribution in [2.75, 3.05) is 36.0 Å². The smallest absolute Gasteiger partial charge is 0.368 e. The maximum atomic E-state index is 12.7. The van der Waals surface area contributed by atoms with Crippen LogP contribution in [0.1, 0.15) is 5.56 Å². The Morgan fingerprint density at radius 1 is 0.900 bits per heavy atom. The van der Waals surface area contributed by atoms with E-state index in [1.165, 1.54) is 6.20 Å². The quantitative estimate of drug-likeness (QED) is 0.629. The molecule has 1 aromatic carbocycles. The van der Waals surface area contributed by atoms with Gasteiger partial charge in [-0.05, 0) is 24.3 Å². The third-order valence-corrected chi connectivity index (χ3v) is 5.29. The second kappa shape index (κ2) is 7.98. The van der Waals surface area contributed by atoms with Gasteiger partial charge in [-0.2, -0.15) is 23.0 Å². The number of piperazine rings is 1. The maximum absolute atomic E-state index is 12.7. The Bertz CT molecular complexity index is 1080. The highest BCUT2D eigenvalue weighted by molar-refractivity contribution is 6.33. The third kappa shape index (κ3) is 3.97. The molecule has 3 heterocycles. The van der Waals surface area contributed by atoms with Gasteiger partial charge in [0.25, 0.3) is 5.56 Å². The average Bonchev–Trinajstić information content (AvgIpc) is 2.76. The van der Waals surface area contributed by atoms with E-state index in [1.54, 1.807) is 0 Å². The van der Waals surface area contributed by atoms with Gasteiger partial charge in [0.15, 0.2) is 5.82 Å². The van der Waals surface area contributed by atoms with E-state index >= 15 is 0 Å². The highest BCUT2D eigenvalue weighted by Crippen LogP contribution is 2.29. The lowest BCUT2D eigenvalue weighted by Gasteiger charge is -2.37. The molecular weight excluding hydrogens is 419 g/mol. The number of anilines is 2. The van der Waals surface area contributed by atoms with Crippen LogP contribution < -0.4 is 15.4 Å². The normalized spacial score (nSPS) is 14.8. The first-order chi connectivity index (χ1) is 14.3. The van der Waals surface area contributed by atoms with Crippen LogP contribution in [0.3, 0.4) is 0 Å². The fraction of sp³-hybridized carbons (Fsp3) is 0.250.